The quantitative estimate of drug-likeness (QED) is 0.623. The molecule has 1 heterocycles. The van der Waals surface area contributed by atoms with Crippen LogP contribution >= 0.6 is 11.3 Å². The average Bonchev–Trinajstić information content (AvgIpc) is 3.14. The molecule has 0 spiro atoms. The van der Waals surface area contributed by atoms with Crippen LogP contribution in [-0.2, 0) is 20.7 Å². The number of ether oxygens (including phenoxy) is 1. The van der Waals surface area contributed by atoms with E-state index in [4.69, 9.17) is 4.74 Å². The van der Waals surface area contributed by atoms with Crippen molar-refractivity contribution in [3.8, 4) is 11.3 Å². The molecule has 1 N–H and O–H groups in total. The third-order valence-corrected chi connectivity index (χ3v) is 5.16. The van der Waals surface area contributed by atoms with Gasteiger partial charge in [0.05, 0.1) is 12.1 Å². The van der Waals surface area contributed by atoms with Gasteiger partial charge in [-0.15, -0.1) is 11.3 Å². The molecule has 3 aromatic rings. The zero-order chi connectivity index (χ0) is 20.1. The number of amides is 1. The first-order valence-electron chi connectivity index (χ1n) is 9.00. The fourth-order valence-corrected chi connectivity index (χ4v) is 3.37. The molecule has 144 valence electrons. The largest absolute Gasteiger partial charge is 0.452 e. The number of aryl methyl sites for hydroxylation is 2. The van der Waals surface area contributed by atoms with Crippen molar-refractivity contribution >= 4 is 28.3 Å². The van der Waals surface area contributed by atoms with Gasteiger partial charge in [-0.1, -0.05) is 48.5 Å². The highest BCUT2D eigenvalue weighted by atomic mass is 32.1. The fraction of sp³-hybridized carbons (Fsp3) is 0.227. The van der Waals surface area contributed by atoms with Crippen LogP contribution in [0.1, 0.15) is 23.6 Å². The lowest BCUT2D eigenvalue weighted by Gasteiger charge is -2.12. The molecule has 0 aliphatic carbocycles. The van der Waals surface area contributed by atoms with Crippen LogP contribution in [0.5, 0.6) is 0 Å². The first kappa shape index (κ1) is 19.8. The number of esters is 1. The standard InChI is InChI=1S/C22H22N2O3S/c1-14-9-10-17(11-15(14)2)12-20(25)27-16(3)21(26)24-22-23-19(13-28-22)18-7-5-4-6-8-18/h4-11,13,16H,12H2,1-3H3,(H,23,24,26)/t16-/m0/s1. The summed E-state index contributed by atoms with van der Waals surface area (Å²) in [5.74, 6) is -0.836. The number of anilines is 1. The van der Waals surface area contributed by atoms with Crippen molar-refractivity contribution in [2.24, 2.45) is 0 Å². The lowest BCUT2D eigenvalue weighted by atomic mass is 10.0. The van der Waals surface area contributed by atoms with E-state index in [1.807, 2.05) is 67.8 Å². The van der Waals surface area contributed by atoms with Crippen LogP contribution < -0.4 is 5.32 Å². The fourth-order valence-electron chi connectivity index (χ4n) is 2.65. The third kappa shape index (κ3) is 5.04. The number of hydrogen-bond donors (Lipinski definition) is 1. The van der Waals surface area contributed by atoms with E-state index in [-0.39, 0.29) is 6.42 Å². The molecule has 5 nitrogen and oxygen atoms in total. The second kappa shape index (κ2) is 8.80. The Kier molecular flexibility index (Phi) is 6.21. The lowest BCUT2D eigenvalue weighted by Crippen LogP contribution is -2.30. The maximum Gasteiger partial charge on any atom is 0.311 e. The number of benzene rings is 2. The normalized spacial score (nSPS) is 11.7. The highest BCUT2D eigenvalue weighted by molar-refractivity contribution is 7.14. The molecule has 0 saturated carbocycles. The lowest BCUT2D eigenvalue weighted by molar-refractivity contribution is -0.152. The molecule has 3 rings (SSSR count). The van der Waals surface area contributed by atoms with Gasteiger partial charge >= 0.3 is 5.97 Å². The Balaban J connectivity index is 1.55. The second-order valence-electron chi connectivity index (χ2n) is 6.62. The van der Waals surface area contributed by atoms with Gasteiger partial charge < -0.3 is 4.74 Å². The number of nitrogens with zero attached hydrogens (tertiary/aromatic N) is 1. The van der Waals surface area contributed by atoms with Crippen molar-refractivity contribution in [2.75, 3.05) is 5.32 Å². The number of aromatic nitrogens is 1. The molecule has 1 amide bonds. The molecular weight excluding hydrogens is 372 g/mol. The van der Waals surface area contributed by atoms with Crippen molar-refractivity contribution in [3.05, 3.63) is 70.6 Å². The Hall–Kier alpha value is -2.99. The molecule has 0 aliphatic heterocycles. The van der Waals surface area contributed by atoms with Crippen LogP contribution in [0.3, 0.4) is 0 Å². The van der Waals surface area contributed by atoms with Crippen molar-refractivity contribution in [1.29, 1.82) is 0 Å². The van der Waals surface area contributed by atoms with E-state index in [9.17, 15) is 9.59 Å². The molecule has 0 fully saturated rings. The number of carbonyl (C=O) groups is 2. The molecule has 2 aromatic carbocycles. The van der Waals surface area contributed by atoms with Gasteiger partial charge in [0.15, 0.2) is 11.2 Å². The first-order chi connectivity index (χ1) is 13.4. The third-order valence-electron chi connectivity index (χ3n) is 4.40. The van der Waals surface area contributed by atoms with Gasteiger partial charge in [-0.05, 0) is 37.5 Å². The summed E-state index contributed by atoms with van der Waals surface area (Å²) in [6.07, 6.45) is -0.767. The highest BCUT2D eigenvalue weighted by Crippen LogP contribution is 2.24. The molecule has 0 saturated heterocycles. The van der Waals surface area contributed by atoms with E-state index in [0.717, 1.165) is 22.4 Å². The minimum absolute atomic E-state index is 0.133. The molecule has 0 unspecified atom stereocenters. The van der Waals surface area contributed by atoms with Gasteiger partial charge in [0.1, 0.15) is 0 Å². The Morgan fingerprint density at radius 3 is 2.57 bits per heavy atom. The summed E-state index contributed by atoms with van der Waals surface area (Å²) >= 11 is 1.33. The number of carbonyl (C=O) groups excluding carboxylic acids is 2. The van der Waals surface area contributed by atoms with E-state index >= 15 is 0 Å². The van der Waals surface area contributed by atoms with Crippen LogP contribution in [0, 0.1) is 13.8 Å². The first-order valence-corrected chi connectivity index (χ1v) is 9.88. The average molecular weight is 394 g/mol. The zero-order valence-corrected chi connectivity index (χ0v) is 16.9. The van der Waals surface area contributed by atoms with E-state index < -0.39 is 18.0 Å². The maximum atomic E-state index is 12.3. The van der Waals surface area contributed by atoms with E-state index in [1.54, 1.807) is 6.92 Å². The molecule has 0 aliphatic rings. The highest BCUT2D eigenvalue weighted by Gasteiger charge is 2.19. The minimum Gasteiger partial charge on any atom is -0.452 e. The van der Waals surface area contributed by atoms with Gasteiger partial charge in [-0.3, -0.25) is 14.9 Å². The van der Waals surface area contributed by atoms with Crippen LogP contribution in [0.2, 0.25) is 0 Å². The summed E-state index contributed by atoms with van der Waals surface area (Å²) < 4.78 is 5.28. The van der Waals surface area contributed by atoms with Gasteiger partial charge in [-0.2, -0.15) is 0 Å². The van der Waals surface area contributed by atoms with Crippen LogP contribution in [0.4, 0.5) is 5.13 Å². The summed E-state index contributed by atoms with van der Waals surface area (Å²) in [5, 5.41) is 5.06. The molecule has 0 radical (unpaired) electrons. The van der Waals surface area contributed by atoms with E-state index in [1.165, 1.54) is 16.9 Å². The molecule has 1 aromatic heterocycles. The van der Waals surface area contributed by atoms with Crippen LogP contribution in [0.15, 0.2) is 53.9 Å². The number of thiazole rings is 1. The molecule has 0 bridgehead atoms. The number of nitrogens with one attached hydrogen (secondary N) is 1. The van der Waals surface area contributed by atoms with Crippen molar-refractivity contribution in [2.45, 2.75) is 33.3 Å². The molecule has 6 heteroatoms. The van der Waals surface area contributed by atoms with Crippen LogP contribution in [-0.4, -0.2) is 23.0 Å². The van der Waals surface area contributed by atoms with Gasteiger partial charge in [-0.25, -0.2) is 4.98 Å². The van der Waals surface area contributed by atoms with Gasteiger partial charge in [0.2, 0.25) is 0 Å². The Morgan fingerprint density at radius 1 is 1.11 bits per heavy atom. The Labute approximate surface area is 168 Å². The Morgan fingerprint density at radius 2 is 1.86 bits per heavy atom. The second-order valence-corrected chi connectivity index (χ2v) is 7.48. The van der Waals surface area contributed by atoms with E-state index in [2.05, 4.69) is 10.3 Å². The summed E-state index contributed by atoms with van der Waals surface area (Å²) in [5.41, 5.74) is 4.93. The Bertz CT molecular complexity index is 982. The summed E-state index contributed by atoms with van der Waals surface area (Å²) in [6.45, 7) is 5.57. The van der Waals surface area contributed by atoms with Crippen molar-refractivity contribution in [3.63, 3.8) is 0 Å². The summed E-state index contributed by atoms with van der Waals surface area (Å²) in [7, 11) is 0. The van der Waals surface area contributed by atoms with Gasteiger partial charge in [0, 0.05) is 10.9 Å². The SMILES string of the molecule is Cc1ccc(CC(=O)O[C@@H](C)C(=O)Nc2nc(-c3ccccc3)cs2)cc1C. The summed E-state index contributed by atoms with van der Waals surface area (Å²) in [6, 6.07) is 15.5. The zero-order valence-electron chi connectivity index (χ0n) is 16.1. The van der Waals surface area contributed by atoms with Crippen molar-refractivity contribution < 1.29 is 14.3 Å². The van der Waals surface area contributed by atoms with Crippen LogP contribution in [0.25, 0.3) is 11.3 Å². The van der Waals surface area contributed by atoms with Gasteiger partial charge in [0.25, 0.3) is 5.91 Å². The minimum atomic E-state index is -0.900. The topological polar surface area (TPSA) is 68.3 Å². The molecule has 28 heavy (non-hydrogen) atoms. The van der Waals surface area contributed by atoms with E-state index in [0.29, 0.717) is 5.13 Å². The predicted octanol–water partition coefficient (Wildman–Crippen LogP) is 4.54. The molecule has 1 atom stereocenters. The smallest absolute Gasteiger partial charge is 0.311 e. The predicted molar refractivity (Wildman–Crippen MR) is 111 cm³/mol. The monoisotopic (exact) mass is 394 g/mol. The number of hydrogen-bond acceptors (Lipinski definition) is 5. The maximum absolute atomic E-state index is 12.3. The summed E-state index contributed by atoms with van der Waals surface area (Å²) in [4.78, 5) is 28.9. The van der Waals surface area contributed by atoms with Crippen molar-refractivity contribution in [1.82, 2.24) is 4.98 Å². The number of rotatable bonds is 6. The molecular formula is C22H22N2O3S.